The summed E-state index contributed by atoms with van der Waals surface area (Å²) in [4.78, 5) is 23.6. The van der Waals surface area contributed by atoms with Crippen molar-refractivity contribution in [3.63, 3.8) is 0 Å². The van der Waals surface area contributed by atoms with Crippen molar-refractivity contribution < 1.29 is 14.3 Å². The molecule has 3 rings (SSSR count). The maximum atomic E-state index is 12.5. The molecular weight excluding hydrogens is 390 g/mol. The highest BCUT2D eigenvalue weighted by molar-refractivity contribution is 8.00. The predicted molar refractivity (Wildman–Crippen MR) is 112 cm³/mol. The van der Waals surface area contributed by atoms with E-state index in [0.717, 1.165) is 11.3 Å². The lowest BCUT2D eigenvalue weighted by Gasteiger charge is -2.12. The molecule has 8 nitrogen and oxygen atoms in total. The maximum Gasteiger partial charge on any atom is 0.248 e. The van der Waals surface area contributed by atoms with Gasteiger partial charge in [0, 0.05) is 23.9 Å². The van der Waals surface area contributed by atoms with Gasteiger partial charge in [-0.15, -0.1) is 10.2 Å². The van der Waals surface area contributed by atoms with Gasteiger partial charge in [0.2, 0.25) is 11.8 Å². The van der Waals surface area contributed by atoms with Crippen LogP contribution in [0.5, 0.6) is 5.75 Å². The van der Waals surface area contributed by atoms with E-state index >= 15 is 0 Å². The van der Waals surface area contributed by atoms with Crippen LogP contribution in [0.2, 0.25) is 0 Å². The number of carbonyl (C=O) groups is 2. The molecule has 0 unspecified atom stereocenters. The van der Waals surface area contributed by atoms with E-state index in [0.29, 0.717) is 22.2 Å². The third-order valence-electron chi connectivity index (χ3n) is 4.27. The topological polar surface area (TPSA) is 112 Å². The number of benzene rings is 2. The van der Waals surface area contributed by atoms with E-state index in [1.807, 2.05) is 35.9 Å². The molecule has 2 amide bonds. The monoisotopic (exact) mass is 411 g/mol. The predicted octanol–water partition coefficient (Wildman–Crippen LogP) is 2.71. The van der Waals surface area contributed by atoms with Crippen LogP contribution in [0.3, 0.4) is 0 Å². The molecule has 2 aromatic carbocycles. The molecule has 3 N–H and O–H groups in total. The summed E-state index contributed by atoms with van der Waals surface area (Å²) in [5.41, 5.74) is 7.10. The normalized spacial score (nSPS) is 11.7. The summed E-state index contributed by atoms with van der Waals surface area (Å²) in [6, 6.07) is 13.9. The molecule has 29 heavy (non-hydrogen) atoms. The van der Waals surface area contributed by atoms with Gasteiger partial charge in [-0.2, -0.15) is 0 Å². The lowest BCUT2D eigenvalue weighted by Crippen LogP contribution is -2.23. The van der Waals surface area contributed by atoms with Crippen LogP contribution >= 0.6 is 11.8 Å². The summed E-state index contributed by atoms with van der Waals surface area (Å²) in [5.74, 6) is 0.766. The van der Waals surface area contributed by atoms with Crippen molar-refractivity contribution in [1.29, 1.82) is 0 Å². The van der Waals surface area contributed by atoms with Crippen molar-refractivity contribution in [3.05, 3.63) is 54.1 Å². The highest BCUT2D eigenvalue weighted by atomic mass is 32.2. The molecule has 0 spiro atoms. The number of methoxy groups -OCH3 is 1. The molecule has 0 fully saturated rings. The van der Waals surface area contributed by atoms with Gasteiger partial charge in [0.05, 0.1) is 12.4 Å². The first kappa shape index (κ1) is 20.4. The quantitative estimate of drug-likeness (QED) is 0.578. The van der Waals surface area contributed by atoms with Gasteiger partial charge >= 0.3 is 0 Å². The van der Waals surface area contributed by atoms with Crippen molar-refractivity contribution in [2.24, 2.45) is 12.8 Å². The van der Waals surface area contributed by atoms with Crippen LogP contribution in [0, 0.1) is 0 Å². The molecule has 0 saturated heterocycles. The Labute approximate surface area is 172 Å². The number of amides is 2. The number of nitrogens with one attached hydrogen (secondary N) is 1. The van der Waals surface area contributed by atoms with Crippen molar-refractivity contribution >= 4 is 29.3 Å². The van der Waals surface area contributed by atoms with Gasteiger partial charge in [-0.3, -0.25) is 9.59 Å². The first-order valence-electron chi connectivity index (χ1n) is 8.80. The van der Waals surface area contributed by atoms with Crippen molar-refractivity contribution in [3.8, 4) is 17.1 Å². The minimum absolute atomic E-state index is 0.184. The van der Waals surface area contributed by atoms with E-state index in [-0.39, 0.29) is 5.91 Å². The minimum Gasteiger partial charge on any atom is -0.497 e. The molecule has 0 aliphatic heterocycles. The van der Waals surface area contributed by atoms with Crippen LogP contribution in [0.1, 0.15) is 17.3 Å². The standard InChI is InChI=1S/C20H21N5O3S/c1-12(19(27)22-15-8-4-13(5-9-15)17(21)26)29-20-24-23-18(25(20)2)14-6-10-16(28-3)11-7-14/h4-12H,1-3H3,(H2,21,26)(H,22,27)/t12-/m1/s1. The molecule has 0 aliphatic carbocycles. The van der Waals surface area contributed by atoms with Gasteiger partial charge in [-0.25, -0.2) is 0 Å². The second kappa shape index (κ2) is 8.78. The highest BCUT2D eigenvalue weighted by Gasteiger charge is 2.19. The molecule has 0 bridgehead atoms. The minimum atomic E-state index is -0.512. The van der Waals surface area contributed by atoms with E-state index in [4.69, 9.17) is 10.5 Å². The molecule has 150 valence electrons. The Morgan fingerprint density at radius 1 is 1.10 bits per heavy atom. The number of hydrogen-bond acceptors (Lipinski definition) is 6. The van der Waals surface area contributed by atoms with Gasteiger partial charge in [0.1, 0.15) is 5.75 Å². The summed E-state index contributed by atoms with van der Waals surface area (Å²) in [6.07, 6.45) is 0. The second-order valence-electron chi connectivity index (χ2n) is 6.28. The van der Waals surface area contributed by atoms with Gasteiger partial charge in [-0.1, -0.05) is 11.8 Å². The van der Waals surface area contributed by atoms with Gasteiger partial charge in [0.25, 0.3) is 0 Å². The number of nitrogens with two attached hydrogens (primary N) is 1. The summed E-state index contributed by atoms with van der Waals surface area (Å²) in [6.45, 7) is 1.79. The molecule has 0 saturated carbocycles. The van der Waals surface area contributed by atoms with Crippen LogP contribution < -0.4 is 15.8 Å². The largest absolute Gasteiger partial charge is 0.497 e. The second-order valence-corrected chi connectivity index (χ2v) is 7.59. The number of aromatic nitrogens is 3. The summed E-state index contributed by atoms with van der Waals surface area (Å²) < 4.78 is 7.02. The van der Waals surface area contributed by atoms with Gasteiger partial charge < -0.3 is 20.4 Å². The third-order valence-corrected chi connectivity index (χ3v) is 5.41. The zero-order valence-corrected chi connectivity index (χ0v) is 17.1. The molecule has 1 aromatic heterocycles. The Bertz CT molecular complexity index is 1020. The Morgan fingerprint density at radius 3 is 2.34 bits per heavy atom. The van der Waals surface area contributed by atoms with Crippen molar-refractivity contribution in [2.45, 2.75) is 17.3 Å². The van der Waals surface area contributed by atoms with E-state index < -0.39 is 11.2 Å². The number of hydrogen-bond donors (Lipinski definition) is 2. The SMILES string of the molecule is COc1ccc(-c2nnc(S[C@H](C)C(=O)Nc3ccc(C(N)=O)cc3)n2C)cc1. The highest BCUT2D eigenvalue weighted by Crippen LogP contribution is 2.27. The average Bonchev–Trinajstić information content (AvgIpc) is 3.08. The lowest BCUT2D eigenvalue weighted by atomic mass is 10.2. The molecular formula is C20H21N5O3S. The smallest absolute Gasteiger partial charge is 0.248 e. The first-order valence-corrected chi connectivity index (χ1v) is 9.68. The third kappa shape index (κ3) is 4.75. The number of anilines is 1. The van der Waals surface area contributed by atoms with Crippen molar-refractivity contribution in [1.82, 2.24) is 14.8 Å². The van der Waals surface area contributed by atoms with Crippen LogP contribution in [-0.4, -0.2) is 38.9 Å². The maximum absolute atomic E-state index is 12.5. The Morgan fingerprint density at radius 2 is 1.76 bits per heavy atom. The summed E-state index contributed by atoms with van der Waals surface area (Å²) in [7, 11) is 3.47. The Kier molecular flexibility index (Phi) is 6.18. The number of ether oxygens (including phenoxy) is 1. The van der Waals surface area contributed by atoms with Crippen LogP contribution in [0.25, 0.3) is 11.4 Å². The zero-order valence-electron chi connectivity index (χ0n) is 16.2. The van der Waals surface area contributed by atoms with E-state index in [2.05, 4.69) is 15.5 Å². The fourth-order valence-electron chi connectivity index (χ4n) is 2.58. The number of carbonyl (C=O) groups excluding carboxylic acids is 2. The average molecular weight is 411 g/mol. The van der Waals surface area contributed by atoms with Crippen LogP contribution in [-0.2, 0) is 11.8 Å². The van der Waals surface area contributed by atoms with Crippen LogP contribution in [0.4, 0.5) is 5.69 Å². The molecule has 3 aromatic rings. The Hall–Kier alpha value is -3.33. The number of primary amides is 1. The fraction of sp³-hybridized carbons (Fsp3) is 0.200. The van der Waals surface area contributed by atoms with Gasteiger partial charge in [-0.05, 0) is 55.5 Å². The molecule has 0 aliphatic rings. The first-order chi connectivity index (χ1) is 13.9. The summed E-state index contributed by atoms with van der Waals surface area (Å²) in [5, 5.41) is 11.5. The lowest BCUT2D eigenvalue weighted by molar-refractivity contribution is -0.115. The zero-order chi connectivity index (χ0) is 21.0. The van der Waals surface area contributed by atoms with Crippen LogP contribution in [0.15, 0.2) is 53.7 Å². The number of rotatable bonds is 7. The number of nitrogens with zero attached hydrogens (tertiary/aromatic N) is 3. The molecule has 0 radical (unpaired) electrons. The molecule has 1 atom stereocenters. The molecule has 1 heterocycles. The Balaban J connectivity index is 1.66. The fourth-order valence-corrected chi connectivity index (χ4v) is 3.40. The van der Waals surface area contributed by atoms with E-state index in [9.17, 15) is 9.59 Å². The van der Waals surface area contributed by atoms with Crippen molar-refractivity contribution in [2.75, 3.05) is 12.4 Å². The van der Waals surface area contributed by atoms with Gasteiger partial charge in [0.15, 0.2) is 11.0 Å². The van der Waals surface area contributed by atoms with E-state index in [1.54, 1.807) is 38.3 Å². The van der Waals surface area contributed by atoms with E-state index in [1.165, 1.54) is 11.8 Å². The summed E-state index contributed by atoms with van der Waals surface area (Å²) >= 11 is 1.31. The molecule has 9 heteroatoms. The number of thioether (sulfide) groups is 1.